The molecule has 0 N–H and O–H groups in total. The molecule has 0 unspecified atom stereocenters. The number of carbonyl (C=O) groups is 1. The van der Waals surface area contributed by atoms with E-state index in [2.05, 4.69) is 70.5 Å². The maximum atomic E-state index is 12.2. The summed E-state index contributed by atoms with van der Waals surface area (Å²) >= 11 is 0. The average Bonchev–Trinajstić information content (AvgIpc) is 2.71. The molecule has 2 aliphatic rings. The van der Waals surface area contributed by atoms with Crippen molar-refractivity contribution in [3.63, 3.8) is 0 Å². The Balaban J connectivity index is 1.39. The third kappa shape index (κ3) is 3.98. The summed E-state index contributed by atoms with van der Waals surface area (Å²) < 4.78 is 0. The fraction of sp³-hybridized carbons (Fsp3) is 0.458. The second-order valence-corrected chi connectivity index (χ2v) is 8.37. The standard InChI is InChI=1S/C24H31N3O/c1-25(2)24(28)21-13-15-26(16-14-21)22-17-27(18-22)23(19-9-5-3-6-10-19)20-11-7-4-8-12-20/h3-12,21-23H,13-18H2,1-2H3. The molecule has 0 atom stereocenters. The molecule has 148 valence electrons. The Bertz CT molecular complexity index is 723. The van der Waals surface area contributed by atoms with Crippen LogP contribution >= 0.6 is 0 Å². The number of hydrogen-bond donors (Lipinski definition) is 0. The van der Waals surface area contributed by atoms with Crippen LogP contribution < -0.4 is 0 Å². The maximum absolute atomic E-state index is 12.2. The highest BCUT2D eigenvalue weighted by Crippen LogP contribution is 2.34. The zero-order valence-corrected chi connectivity index (χ0v) is 17.0. The summed E-state index contributed by atoms with van der Waals surface area (Å²) in [5.74, 6) is 0.506. The number of piperidine rings is 1. The number of carbonyl (C=O) groups excluding carboxylic acids is 1. The Morgan fingerprint density at radius 3 is 1.86 bits per heavy atom. The van der Waals surface area contributed by atoms with E-state index in [-0.39, 0.29) is 5.92 Å². The van der Waals surface area contributed by atoms with Crippen LogP contribution in [0.15, 0.2) is 60.7 Å². The summed E-state index contributed by atoms with van der Waals surface area (Å²) in [7, 11) is 3.73. The minimum Gasteiger partial charge on any atom is -0.349 e. The molecule has 28 heavy (non-hydrogen) atoms. The van der Waals surface area contributed by atoms with Crippen molar-refractivity contribution in [2.24, 2.45) is 5.92 Å². The summed E-state index contributed by atoms with van der Waals surface area (Å²) in [6.07, 6.45) is 1.99. The molecule has 0 saturated carbocycles. The Hall–Kier alpha value is -2.17. The number of benzene rings is 2. The molecule has 0 radical (unpaired) electrons. The lowest BCUT2D eigenvalue weighted by molar-refractivity contribution is -0.135. The maximum Gasteiger partial charge on any atom is 0.225 e. The first kappa shape index (κ1) is 19.2. The van der Waals surface area contributed by atoms with Crippen LogP contribution in [0, 0.1) is 5.92 Å². The van der Waals surface area contributed by atoms with E-state index in [0.717, 1.165) is 39.0 Å². The Labute approximate surface area is 168 Å². The van der Waals surface area contributed by atoms with Gasteiger partial charge in [-0.2, -0.15) is 0 Å². The highest BCUT2D eigenvalue weighted by Gasteiger charge is 2.39. The molecule has 0 aromatic heterocycles. The Morgan fingerprint density at radius 2 is 1.39 bits per heavy atom. The van der Waals surface area contributed by atoms with E-state index in [1.807, 2.05) is 14.1 Å². The summed E-state index contributed by atoms with van der Waals surface area (Å²) in [6, 6.07) is 22.6. The van der Waals surface area contributed by atoms with Gasteiger partial charge in [-0.1, -0.05) is 60.7 Å². The summed E-state index contributed by atoms with van der Waals surface area (Å²) in [5, 5.41) is 0. The van der Waals surface area contributed by atoms with Crippen LogP contribution in [0.1, 0.15) is 30.0 Å². The fourth-order valence-corrected chi connectivity index (χ4v) is 4.69. The number of hydrogen-bond acceptors (Lipinski definition) is 3. The van der Waals surface area contributed by atoms with E-state index in [1.165, 1.54) is 11.1 Å². The van der Waals surface area contributed by atoms with Crippen LogP contribution in [0.25, 0.3) is 0 Å². The van der Waals surface area contributed by atoms with Gasteiger partial charge in [-0.15, -0.1) is 0 Å². The number of nitrogens with zero attached hydrogens (tertiary/aromatic N) is 3. The largest absolute Gasteiger partial charge is 0.349 e. The minimum atomic E-state index is 0.212. The van der Waals surface area contributed by atoms with Crippen LogP contribution in [0.3, 0.4) is 0 Å². The Kier molecular flexibility index (Phi) is 5.79. The predicted molar refractivity (Wildman–Crippen MR) is 113 cm³/mol. The molecule has 4 heteroatoms. The molecular weight excluding hydrogens is 346 g/mol. The van der Waals surface area contributed by atoms with Gasteiger partial charge in [0.2, 0.25) is 5.91 Å². The van der Waals surface area contributed by atoms with Gasteiger partial charge in [-0.25, -0.2) is 0 Å². The molecule has 4 nitrogen and oxygen atoms in total. The highest BCUT2D eigenvalue weighted by atomic mass is 16.2. The van der Waals surface area contributed by atoms with E-state index >= 15 is 0 Å². The molecule has 0 bridgehead atoms. The van der Waals surface area contributed by atoms with E-state index in [9.17, 15) is 4.79 Å². The van der Waals surface area contributed by atoms with Gasteiger partial charge in [-0.05, 0) is 37.1 Å². The van der Waals surface area contributed by atoms with Crippen LogP contribution in [0.2, 0.25) is 0 Å². The normalized spacial score (nSPS) is 19.5. The van der Waals surface area contributed by atoms with Crippen molar-refractivity contribution < 1.29 is 4.79 Å². The van der Waals surface area contributed by atoms with E-state index < -0.39 is 0 Å². The van der Waals surface area contributed by atoms with Crippen molar-refractivity contribution in [2.45, 2.75) is 24.9 Å². The lowest BCUT2D eigenvalue weighted by Gasteiger charge is -2.50. The molecule has 2 saturated heterocycles. The van der Waals surface area contributed by atoms with E-state index in [0.29, 0.717) is 18.0 Å². The van der Waals surface area contributed by atoms with Crippen LogP contribution in [-0.4, -0.2) is 66.9 Å². The highest BCUT2D eigenvalue weighted by molar-refractivity contribution is 5.78. The first-order chi connectivity index (χ1) is 13.6. The molecule has 2 aromatic carbocycles. The molecule has 2 aliphatic heterocycles. The second kappa shape index (κ2) is 8.46. The van der Waals surface area contributed by atoms with Gasteiger partial charge < -0.3 is 4.90 Å². The molecule has 2 heterocycles. The van der Waals surface area contributed by atoms with Crippen LogP contribution in [-0.2, 0) is 4.79 Å². The van der Waals surface area contributed by atoms with Crippen molar-refractivity contribution in [3.8, 4) is 0 Å². The lowest BCUT2D eigenvalue weighted by Crippen LogP contribution is -2.61. The molecule has 4 rings (SSSR count). The molecule has 2 aromatic rings. The van der Waals surface area contributed by atoms with Crippen molar-refractivity contribution in [3.05, 3.63) is 71.8 Å². The SMILES string of the molecule is CN(C)C(=O)C1CCN(C2CN(C(c3ccccc3)c3ccccc3)C2)CC1. The zero-order chi connectivity index (χ0) is 19.5. The topological polar surface area (TPSA) is 26.8 Å². The van der Waals surface area contributed by atoms with Gasteiger partial charge in [0.05, 0.1) is 6.04 Å². The summed E-state index contributed by atoms with van der Waals surface area (Å²) in [4.78, 5) is 19.1. The Morgan fingerprint density at radius 1 is 0.893 bits per heavy atom. The summed E-state index contributed by atoms with van der Waals surface area (Å²) in [5.41, 5.74) is 2.73. The molecule has 0 aliphatic carbocycles. The van der Waals surface area contributed by atoms with Crippen molar-refractivity contribution in [1.82, 2.24) is 14.7 Å². The number of amides is 1. The third-order valence-electron chi connectivity index (χ3n) is 6.32. The number of likely N-dealkylation sites (tertiary alicyclic amines) is 2. The van der Waals surface area contributed by atoms with Gasteiger partial charge in [0.25, 0.3) is 0 Å². The number of rotatable bonds is 5. The zero-order valence-electron chi connectivity index (χ0n) is 17.0. The first-order valence-corrected chi connectivity index (χ1v) is 10.4. The van der Waals surface area contributed by atoms with Gasteiger partial charge in [-0.3, -0.25) is 14.6 Å². The quantitative estimate of drug-likeness (QED) is 0.800. The molecule has 1 amide bonds. The van der Waals surface area contributed by atoms with Crippen molar-refractivity contribution in [2.75, 3.05) is 40.3 Å². The fourth-order valence-electron chi connectivity index (χ4n) is 4.69. The minimum absolute atomic E-state index is 0.212. The molecule has 0 spiro atoms. The second-order valence-electron chi connectivity index (χ2n) is 8.37. The summed E-state index contributed by atoms with van der Waals surface area (Å²) in [6.45, 7) is 4.29. The van der Waals surface area contributed by atoms with Crippen molar-refractivity contribution >= 4 is 5.91 Å². The van der Waals surface area contributed by atoms with Gasteiger partial charge in [0, 0.05) is 39.1 Å². The third-order valence-corrected chi connectivity index (χ3v) is 6.32. The molecular formula is C24H31N3O. The molecule has 2 fully saturated rings. The van der Waals surface area contributed by atoms with Gasteiger partial charge >= 0.3 is 0 Å². The van der Waals surface area contributed by atoms with Crippen LogP contribution in [0.5, 0.6) is 0 Å². The lowest BCUT2D eigenvalue weighted by atomic mass is 9.90. The van der Waals surface area contributed by atoms with E-state index in [4.69, 9.17) is 0 Å². The average molecular weight is 378 g/mol. The van der Waals surface area contributed by atoms with Crippen LogP contribution in [0.4, 0.5) is 0 Å². The van der Waals surface area contributed by atoms with Gasteiger partial charge in [0.1, 0.15) is 0 Å². The van der Waals surface area contributed by atoms with Gasteiger partial charge in [0.15, 0.2) is 0 Å². The van der Waals surface area contributed by atoms with E-state index in [1.54, 1.807) is 4.90 Å². The van der Waals surface area contributed by atoms with Crippen molar-refractivity contribution in [1.29, 1.82) is 0 Å². The predicted octanol–water partition coefficient (Wildman–Crippen LogP) is 3.26. The first-order valence-electron chi connectivity index (χ1n) is 10.4. The smallest absolute Gasteiger partial charge is 0.225 e. The monoisotopic (exact) mass is 377 g/mol.